The fourth-order valence-corrected chi connectivity index (χ4v) is 5.06. The van der Waals surface area contributed by atoms with Crippen LogP contribution in [0.1, 0.15) is 40.4 Å². The third kappa shape index (κ3) is 4.45. The van der Waals surface area contributed by atoms with Gasteiger partial charge in [0.1, 0.15) is 24.6 Å². The lowest BCUT2D eigenvalue weighted by Crippen LogP contribution is -2.04. The van der Waals surface area contributed by atoms with Crippen LogP contribution in [0.5, 0.6) is 11.5 Å². The molecule has 0 saturated heterocycles. The molecule has 1 heterocycles. The molecular formula is C27H20ClIN4O2. The van der Waals surface area contributed by atoms with Gasteiger partial charge in [-0.25, -0.2) is 4.98 Å². The Labute approximate surface area is 222 Å². The maximum Gasteiger partial charge on any atom is 0.174 e. The van der Waals surface area contributed by atoms with Crippen LogP contribution in [0.4, 0.5) is 5.82 Å². The number of rotatable bonds is 5. The zero-order valence-electron chi connectivity index (χ0n) is 19.2. The van der Waals surface area contributed by atoms with Gasteiger partial charge in [-0.3, -0.25) is 0 Å². The van der Waals surface area contributed by atoms with Crippen LogP contribution in [0.2, 0.25) is 5.02 Å². The van der Waals surface area contributed by atoms with Gasteiger partial charge in [-0.15, -0.1) is 0 Å². The van der Waals surface area contributed by atoms with Crippen molar-refractivity contribution < 1.29 is 9.47 Å². The molecule has 6 nitrogen and oxygen atoms in total. The smallest absolute Gasteiger partial charge is 0.174 e. The SMILES string of the molecule is COc1cc(/C=C2/C(C)=C(C#N)c3nc(N)c(C#N)c(C)c32)cc(I)c1OCc1ccccc1Cl. The van der Waals surface area contributed by atoms with E-state index in [0.29, 0.717) is 45.5 Å². The number of hydrogen-bond acceptors (Lipinski definition) is 6. The van der Waals surface area contributed by atoms with E-state index in [1.165, 1.54) is 0 Å². The summed E-state index contributed by atoms with van der Waals surface area (Å²) in [6, 6.07) is 15.7. The molecule has 0 bridgehead atoms. The number of allylic oxidation sites excluding steroid dienone is 3. The van der Waals surface area contributed by atoms with Crippen molar-refractivity contribution in [3.63, 3.8) is 0 Å². The maximum atomic E-state index is 9.78. The number of nitrogens with zero attached hydrogens (tertiary/aromatic N) is 3. The van der Waals surface area contributed by atoms with Crippen LogP contribution in [0, 0.1) is 33.2 Å². The third-order valence-corrected chi connectivity index (χ3v) is 7.05. The molecule has 1 aliphatic rings. The average Bonchev–Trinajstić information content (AvgIpc) is 3.09. The van der Waals surface area contributed by atoms with Crippen molar-refractivity contribution in [3.8, 4) is 23.6 Å². The lowest BCUT2D eigenvalue weighted by Gasteiger charge is -2.15. The molecule has 2 aromatic carbocycles. The average molecular weight is 595 g/mol. The molecule has 0 atom stereocenters. The minimum atomic E-state index is 0.127. The van der Waals surface area contributed by atoms with E-state index in [2.05, 4.69) is 39.7 Å². The summed E-state index contributed by atoms with van der Waals surface area (Å²) in [6.07, 6.45) is 1.97. The molecular weight excluding hydrogens is 575 g/mol. The highest BCUT2D eigenvalue weighted by Crippen LogP contribution is 2.45. The van der Waals surface area contributed by atoms with Gasteiger partial charge in [0.05, 0.1) is 27.5 Å². The molecule has 2 N–H and O–H groups in total. The van der Waals surface area contributed by atoms with Gasteiger partial charge < -0.3 is 15.2 Å². The first-order valence-corrected chi connectivity index (χ1v) is 12.0. The van der Waals surface area contributed by atoms with E-state index in [1.54, 1.807) is 7.11 Å². The molecule has 1 aliphatic carbocycles. The number of benzene rings is 2. The standard InChI is InChI=1S/C27H20ClIN4O2/c1-14-18(24-15(2)20(12-31)27(32)33-25(24)19(14)11-30)8-16-9-22(29)26(23(10-16)34-3)35-13-17-6-4-5-7-21(17)28/h4-10H,13H2,1-3H3,(H2,32,33)/b18-8-. The molecule has 0 aliphatic heterocycles. The topological polar surface area (TPSA) is 105 Å². The Hall–Kier alpha value is -3.53. The molecule has 35 heavy (non-hydrogen) atoms. The quantitative estimate of drug-likeness (QED) is 0.336. The van der Waals surface area contributed by atoms with E-state index < -0.39 is 0 Å². The minimum Gasteiger partial charge on any atom is -0.493 e. The number of nitriles is 2. The van der Waals surface area contributed by atoms with Gasteiger partial charge in [0.2, 0.25) is 0 Å². The highest BCUT2D eigenvalue weighted by molar-refractivity contribution is 14.1. The van der Waals surface area contributed by atoms with Crippen molar-refractivity contribution in [3.05, 3.63) is 84.1 Å². The molecule has 8 heteroatoms. The number of nitrogens with two attached hydrogens (primary N) is 1. The lowest BCUT2D eigenvalue weighted by atomic mass is 9.95. The number of pyridine rings is 1. The normalized spacial score (nSPS) is 13.4. The van der Waals surface area contributed by atoms with E-state index in [0.717, 1.165) is 31.4 Å². The number of halogens is 2. The van der Waals surface area contributed by atoms with E-state index in [-0.39, 0.29) is 5.82 Å². The number of methoxy groups -OCH3 is 1. The number of fused-ring (bicyclic) bond motifs is 1. The monoisotopic (exact) mass is 594 g/mol. The van der Waals surface area contributed by atoms with Crippen LogP contribution >= 0.6 is 34.2 Å². The molecule has 3 aromatic rings. The van der Waals surface area contributed by atoms with Crippen molar-refractivity contribution in [1.29, 1.82) is 10.5 Å². The highest BCUT2D eigenvalue weighted by atomic mass is 127. The predicted molar refractivity (Wildman–Crippen MR) is 146 cm³/mol. The van der Waals surface area contributed by atoms with Gasteiger partial charge in [-0.1, -0.05) is 29.8 Å². The first-order valence-electron chi connectivity index (χ1n) is 10.6. The third-order valence-electron chi connectivity index (χ3n) is 5.88. The second kappa shape index (κ2) is 9.99. The molecule has 174 valence electrons. The van der Waals surface area contributed by atoms with E-state index in [9.17, 15) is 10.5 Å². The van der Waals surface area contributed by atoms with Crippen LogP contribution in [-0.2, 0) is 6.61 Å². The Bertz CT molecular complexity index is 1510. The molecule has 0 amide bonds. The Morgan fingerprint density at radius 1 is 1.17 bits per heavy atom. The van der Waals surface area contributed by atoms with Gasteiger partial charge in [-0.2, -0.15) is 10.5 Å². The highest BCUT2D eigenvalue weighted by Gasteiger charge is 2.29. The number of anilines is 1. The molecule has 0 unspecified atom stereocenters. The summed E-state index contributed by atoms with van der Waals surface area (Å²) < 4.78 is 12.6. The first kappa shape index (κ1) is 24.6. The summed E-state index contributed by atoms with van der Waals surface area (Å²) >= 11 is 8.47. The van der Waals surface area contributed by atoms with E-state index in [4.69, 9.17) is 26.8 Å². The predicted octanol–water partition coefficient (Wildman–Crippen LogP) is 6.54. The van der Waals surface area contributed by atoms with Crippen LogP contribution < -0.4 is 15.2 Å². The van der Waals surface area contributed by atoms with Gasteiger partial charge in [0.25, 0.3) is 0 Å². The largest absolute Gasteiger partial charge is 0.493 e. The maximum absolute atomic E-state index is 9.78. The Balaban J connectivity index is 1.79. The van der Waals surface area contributed by atoms with Crippen LogP contribution in [-0.4, -0.2) is 12.1 Å². The summed E-state index contributed by atoms with van der Waals surface area (Å²) in [7, 11) is 1.59. The zero-order valence-corrected chi connectivity index (χ0v) is 22.2. The van der Waals surface area contributed by atoms with Gasteiger partial charge >= 0.3 is 0 Å². The Morgan fingerprint density at radius 3 is 2.57 bits per heavy atom. The number of nitrogen functional groups attached to an aromatic ring is 1. The Kier molecular flexibility index (Phi) is 7.02. The number of hydrogen-bond donors (Lipinski definition) is 1. The fraction of sp³-hybridized carbons (Fsp3) is 0.148. The summed E-state index contributed by atoms with van der Waals surface area (Å²) in [5.74, 6) is 1.31. The minimum absolute atomic E-state index is 0.127. The second-order valence-corrected chi connectivity index (χ2v) is 9.49. The number of ether oxygens (including phenoxy) is 2. The van der Waals surface area contributed by atoms with Crippen LogP contribution in [0.25, 0.3) is 17.2 Å². The van der Waals surface area contributed by atoms with Crippen molar-refractivity contribution >= 4 is 57.2 Å². The molecule has 0 radical (unpaired) electrons. The summed E-state index contributed by atoms with van der Waals surface area (Å²) in [5.41, 5.74) is 12.0. The first-order chi connectivity index (χ1) is 16.8. The Morgan fingerprint density at radius 2 is 1.91 bits per heavy atom. The van der Waals surface area contributed by atoms with Gasteiger partial charge in [-0.05, 0) is 83.0 Å². The molecule has 1 aromatic heterocycles. The van der Waals surface area contributed by atoms with Crippen molar-refractivity contribution in [2.75, 3.05) is 12.8 Å². The summed E-state index contributed by atoms with van der Waals surface area (Å²) in [6.45, 7) is 4.00. The summed E-state index contributed by atoms with van der Waals surface area (Å²) in [4.78, 5) is 4.38. The van der Waals surface area contributed by atoms with Crippen molar-refractivity contribution in [2.45, 2.75) is 20.5 Å². The van der Waals surface area contributed by atoms with Crippen molar-refractivity contribution in [1.82, 2.24) is 4.98 Å². The second-order valence-electron chi connectivity index (χ2n) is 7.92. The number of aromatic nitrogens is 1. The molecule has 0 saturated carbocycles. The molecule has 4 rings (SSSR count). The van der Waals surface area contributed by atoms with Crippen LogP contribution in [0.3, 0.4) is 0 Å². The van der Waals surface area contributed by atoms with Crippen molar-refractivity contribution in [2.24, 2.45) is 0 Å². The van der Waals surface area contributed by atoms with Crippen LogP contribution in [0.15, 0.2) is 42.0 Å². The zero-order chi connectivity index (χ0) is 25.3. The van der Waals surface area contributed by atoms with Gasteiger partial charge in [0.15, 0.2) is 11.5 Å². The van der Waals surface area contributed by atoms with Gasteiger partial charge in [0, 0.05) is 16.1 Å². The fourth-order valence-electron chi connectivity index (χ4n) is 4.09. The lowest BCUT2D eigenvalue weighted by molar-refractivity contribution is 0.282. The van der Waals surface area contributed by atoms with E-state index >= 15 is 0 Å². The summed E-state index contributed by atoms with van der Waals surface area (Å²) in [5, 5.41) is 20.0. The molecule has 0 fully saturated rings. The molecule has 0 spiro atoms. The van der Waals surface area contributed by atoms with E-state index in [1.807, 2.05) is 56.3 Å².